The summed E-state index contributed by atoms with van der Waals surface area (Å²) in [4.78, 5) is 27.4. The van der Waals surface area contributed by atoms with E-state index < -0.39 is 0 Å². The highest BCUT2D eigenvalue weighted by atomic mass is 35.5. The number of carbonyl (C=O) groups excluding carboxylic acids is 2. The molecule has 4 rings (SSSR count). The highest BCUT2D eigenvalue weighted by molar-refractivity contribution is 7.13. The number of aromatic nitrogens is 2. The molecule has 0 spiro atoms. The summed E-state index contributed by atoms with van der Waals surface area (Å²) in [6.07, 6.45) is 3.45. The molecule has 1 aromatic heterocycles. The van der Waals surface area contributed by atoms with Crippen LogP contribution in [0.15, 0.2) is 48.5 Å². The number of rotatable bonds is 10. The molecule has 1 aliphatic rings. The van der Waals surface area contributed by atoms with Gasteiger partial charge in [-0.25, -0.2) is 0 Å². The van der Waals surface area contributed by atoms with E-state index in [1.807, 2.05) is 0 Å². The van der Waals surface area contributed by atoms with E-state index >= 15 is 0 Å². The number of hydrogen-bond acceptors (Lipinski definition) is 7. The number of halogens is 1. The van der Waals surface area contributed by atoms with Crippen LogP contribution in [0.5, 0.6) is 5.75 Å². The molecule has 1 aliphatic heterocycles. The quantitative estimate of drug-likeness (QED) is 0.410. The maximum absolute atomic E-state index is 12.5. The molecule has 1 unspecified atom stereocenters. The largest absolute Gasteiger partial charge is 0.486 e. The molecule has 0 radical (unpaired) electrons. The van der Waals surface area contributed by atoms with Crippen molar-refractivity contribution in [2.75, 3.05) is 25.0 Å². The third kappa shape index (κ3) is 7.24. The maximum Gasteiger partial charge on any atom is 0.286 e. The average Bonchev–Trinajstić information content (AvgIpc) is 3.57. The van der Waals surface area contributed by atoms with Crippen molar-refractivity contribution in [3.63, 3.8) is 0 Å². The van der Waals surface area contributed by atoms with Crippen molar-refractivity contribution in [3.8, 4) is 5.75 Å². The van der Waals surface area contributed by atoms with Crippen LogP contribution in [0.4, 0.5) is 5.69 Å². The number of hydrogen-bond donors (Lipinski definition) is 2. The number of nitrogens with one attached hydrogen (secondary N) is 2. The van der Waals surface area contributed by atoms with Gasteiger partial charge in [-0.3, -0.25) is 9.59 Å². The molecular weight excluding hydrogens is 486 g/mol. The van der Waals surface area contributed by atoms with E-state index in [1.54, 1.807) is 48.5 Å². The van der Waals surface area contributed by atoms with Crippen LogP contribution in [0.2, 0.25) is 5.02 Å². The van der Waals surface area contributed by atoms with Crippen LogP contribution >= 0.6 is 22.9 Å². The lowest BCUT2D eigenvalue weighted by atomic mass is 10.1. The van der Waals surface area contributed by atoms with Crippen molar-refractivity contribution in [2.24, 2.45) is 0 Å². The Kier molecular flexibility index (Phi) is 8.68. The summed E-state index contributed by atoms with van der Waals surface area (Å²) >= 11 is 7.02. The smallest absolute Gasteiger partial charge is 0.286 e. The standard InChI is InChI=1S/C25H28ClN5O3S/c1-17(31-14-2-3-15-31)12-13-27-23(32)18-4-8-20(9-5-18)28-24(33)25-30-29-22(35-25)16-34-21-10-6-19(26)7-11-21/h4-11,17H,2-3,12-16H2,1H3,(H,27,32)(H,28,33). The zero-order valence-corrected chi connectivity index (χ0v) is 21.1. The Hall–Kier alpha value is -3.01. The van der Waals surface area contributed by atoms with Crippen molar-refractivity contribution in [1.82, 2.24) is 20.4 Å². The lowest BCUT2D eigenvalue weighted by Gasteiger charge is -2.23. The second-order valence-electron chi connectivity index (χ2n) is 8.41. The number of ether oxygens (including phenoxy) is 1. The Balaban J connectivity index is 1.22. The number of benzene rings is 2. The molecule has 2 N–H and O–H groups in total. The molecule has 8 nitrogen and oxygen atoms in total. The summed E-state index contributed by atoms with van der Waals surface area (Å²) in [7, 11) is 0. The van der Waals surface area contributed by atoms with Gasteiger partial charge in [0.05, 0.1) is 0 Å². The third-order valence-corrected chi connectivity index (χ3v) is 7.00. The molecular formula is C25H28ClN5O3S. The molecule has 1 fully saturated rings. The normalized spacial score (nSPS) is 14.5. The molecule has 1 atom stereocenters. The molecule has 0 bridgehead atoms. The Morgan fingerprint density at radius 1 is 1.06 bits per heavy atom. The van der Waals surface area contributed by atoms with E-state index in [0.29, 0.717) is 39.6 Å². The third-order valence-electron chi connectivity index (χ3n) is 5.85. The first-order valence-corrected chi connectivity index (χ1v) is 12.8. The molecule has 2 amide bonds. The van der Waals surface area contributed by atoms with Gasteiger partial charge in [0, 0.05) is 28.9 Å². The molecule has 0 saturated carbocycles. The van der Waals surface area contributed by atoms with Crippen molar-refractivity contribution in [1.29, 1.82) is 0 Å². The lowest BCUT2D eigenvalue weighted by molar-refractivity contribution is 0.0949. The highest BCUT2D eigenvalue weighted by Crippen LogP contribution is 2.19. The first kappa shape index (κ1) is 25.1. The van der Waals surface area contributed by atoms with Crippen molar-refractivity contribution < 1.29 is 14.3 Å². The maximum atomic E-state index is 12.5. The van der Waals surface area contributed by atoms with Gasteiger partial charge in [-0.2, -0.15) is 0 Å². The minimum atomic E-state index is -0.367. The van der Waals surface area contributed by atoms with Crippen molar-refractivity contribution in [2.45, 2.75) is 38.8 Å². The highest BCUT2D eigenvalue weighted by Gasteiger charge is 2.18. The molecule has 35 heavy (non-hydrogen) atoms. The van der Waals surface area contributed by atoms with Gasteiger partial charge in [-0.05, 0) is 87.8 Å². The van der Waals surface area contributed by atoms with Gasteiger partial charge in [0.25, 0.3) is 11.8 Å². The predicted molar refractivity (Wildman–Crippen MR) is 137 cm³/mol. The summed E-state index contributed by atoms with van der Waals surface area (Å²) in [5.41, 5.74) is 1.12. The van der Waals surface area contributed by atoms with Crippen LogP contribution < -0.4 is 15.4 Å². The van der Waals surface area contributed by atoms with Gasteiger partial charge in [0.1, 0.15) is 12.4 Å². The van der Waals surface area contributed by atoms with Gasteiger partial charge in [0.15, 0.2) is 5.01 Å². The van der Waals surface area contributed by atoms with Gasteiger partial charge in [-0.1, -0.05) is 22.9 Å². The Morgan fingerprint density at radius 3 is 2.49 bits per heavy atom. The topological polar surface area (TPSA) is 96.5 Å². The zero-order chi connectivity index (χ0) is 24.6. The van der Waals surface area contributed by atoms with Gasteiger partial charge in [0.2, 0.25) is 5.01 Å². The Bertz CT molecular complexity index is 1130. The second-order valence-corrected chi connectivity index (χ2v) is 9.91. The summed E-state index contributed by atoms with van der Waals surface area (Å²) < 4.78 is 5.64. The van der Waals surface area contributed by atoms with Crippen LogP contribution in [0.3, 0.4) is 0 Å². The number of amides is 2. The Labute approximate surface area is 213 Å². The number of nitrogens with zero attached hydrogens (tertiary/aromatic N) is 3. The number of carbonyl (C=O) groups is 2. The molecule has 3 aromatic rings. The summed E-state index contributed by atoms with van der Waals surface area (Å²) in [6.45, 7) is 5.35. The van der Waals surface area contributed by atoms with Gasteiger partial charge < -0.3 is 20.3 Å². The first-order valence-electron chi connectivity index (χ1n) is 11.6. The van der Waals surface area contributed by atoms with E-state index in [-0.39, 0.29) is 23.4 Å². The summed E-state index contributed by atoms with van der Waals surface area (Å²) in [5.74, 6) is 0.167. The predicted octanol–water partition coefficient (Wildman–Crippen LogP) is 4.63. The van der Waals surface area contributed by atoms with Crippen LogP contribution in [0.25, 0.3) is 0 Å². The number of likely N-dealkylation sites (tertiary alicyclic amines) is 1. The Morgan fingerprint density at radius 2 is 1.77 bits per heavy atom. The van der Waals surface area contributed by atoms with Crippen LogP contribution in [0, 0.1) is 0 Å². The van der Waals surface area contributed by atoms with E-state index in [1.165, 1.54) is 12.8 Å². The van der Waals surface area contributed by atoms with Crippen LogP contribution in [0.1, 0.15) is 51.4 Å². The van der Waals surface area contributed by atoms with Crippen LogP contribution in [-0.2, 0) is 6.61 Å². The van der Waals surface area contributed by atoms with Crippen molar-refractivity contribution >= 4 is 40.4 Å². The summed E-state index contributed by atoms with van der Waals surface area (Å²) in [5, 5.41) is 15.2. The van der Waals surface area contributed by atoms with Crippen LogP contribution in [-0.4, -0.2) is 52.6 Å². The van der Waals surface area contributed by atoms with E-state index in [4.69, 9.17) is 16.3 Å². The van der Waals surface area contributed by atoms with E-state index in [2.05, 4.69) is 32.7 Å². The molecule has 2 heterocycles. The SMILES string of the molecule is CC(CCNC(=O)c1ccc(NC(=O)c2nnc(COc3ccc(Cl)cc3)s2)cc1)N1CCCC1. The first-order chi connectivity index (χ1) is 17.0. The van der Waals surface area contributed by atoms with E-state index in [0.717, 1.165) is 30.8 Å². The fourth-order valence-electron chi connectivity index (χ4n) is 3.83. The minimum absolute atomic E-state index is 0.119. The van der Waals surface area contributed by atoms with Gasteiger partial charge in [-0.15, -0.1) is 10.2 Å². The lowest BCUT2D eigenvalue weighted by Crippen LogP contribution is -2.34. The fourth-order valence-corrected chi connectivity index (χ4v) is 4.60. The molecule has 2 aromatic carbocycles. The molecule has 0 aliphatic carbocycles. The minimum Gasteiger partial charge on any atom is -0.486 e. The number of anilines is 1. The fraction of sp³-hybridized carbons (Fsp3) is 0.360. The summed E-state index contributed by atoms with van der Waals surface area (Å²) in [6, 6.07) is 14.3. The zero-order valence-electron chi connectivity index (χ0n) is 19.5. The molecule has 10 heteroatoms. The molecule has 1 saturated heterocycles. The second kappa shape index (κ2) is 12.1. The monoisotopic (exact) mass is 513 g/mol. The van der Waals surface area contributed by atoms with E-state index in [9.17, 15) is 9.59 Å². The van der Waals surface area contributed by atoms with Crippen molar-refractivity contribution in [3.05, 3.63) is 69.1 Å². The van der Waals surface area contributed by atoms with Gasteiger partial charge >= 0.3 is 0 Å². The molecule has 184 valence electrons. The average molecular weight is 514 g/mol.